The minimum Gasteiger partial charge on any atom is -0.443 e. The molecule has 0 aliphatic carbocycles. The number of hydrogen-bond donors (Lipinski definition) is 2. The predicted octanol–water partition coefficient (Wildman–Crippen LogP) is 0.898. The van der Waals surface area contributed by atoms with E-state index in [1.54, 1.807) is 25.4 Å². The summed E-state index contributed by atoms with van der Waals surface area (Å²) in [6.07, 6.45) is 2.65. The smallest absolute Gasteiger partial charge is 0.341 e. The monoisotopic (exact) mass is 190 g/mol. The molecule has 0 radical (unpaired) electrons. The maximum Gasteiger partial charge on any atom is 0.341 e. The van der Waals surface area contributed by atoms with Crippen molar-refractivity contribution >= 4 is 18.4 Å². The Balaban J connectivity index is 0.00000121. The molecule has 3 N–H and O–H groups in total. The van der Waals surface area contributed by atoms with Gasteiger partial charge in [0.2, 0.25) is 0 Å². The molecular weight excluding hydrogens is 180 g/mol. The maximum atomic E-state index is 11.0. The molecule has 0 spiro atoms. The van der Waals surface area contributed by atoms with Gasteiger partial charge in [0.1, 0.15) is 6.23 Å². The van der Waals surface area contributed by atoms with Crippen molar-refractivity contribution in [2.45, 2.75) is 13.2 Å². The van der Waals surface area contributed by atoms with Crippen molar-refractivity contribution in [3.63, 3.8) is 0 Å². The van der Waals surface area contributed by atoms with E-state index in [0.717, 1.165) is 0 Å². The number of hydrogen-bond acceptors (Lipinski definition) is 3. The Morgan fingerprint density at radius 1 is 1.75 bits per heavy atom. The van der Waals surface area contributed by atoms with Crippen molar-refractivity contribution in [2.24, 2.45) is 5.73 Å². The van der Waals surface area contributed by atoms with Gasteiger partial charge >= 0.3 is 5.97 Å². The number of halogens is 1. The summed E-state index contributed by atoms with van der Waals surface area (Å²) in [5.41, 5.74) is 5.73. The molecule has 0 fully saturated rings. The first-order valence-corrected chi connectivity index (χ1v) is 3.29. The molecule has 1 unspecified atom stereocenters. The van der Waals surface area contributed by atoms with E-state index >= 15 is 0 Å². The van der Waals surface area contributed by atoms with E-state index in [0.29, 0.717) is 5.56 Å². The van der Waals surface area contributed by atoms with Gasteiger partial charge in [-0.2, -0.15) is 0 Å². The third-order valence-corrected chi connectivity index (χ3v) is 1.13. The number of rotatable bonds is 2. The molecule has 0 aromatic carbocycles. The Labute approximate surface area is 76.5 Å². The van der Waals surface area contributed by atoms with Gasteiger partial charge in [-0.05, 0) is 13.0 Å². The highest BCUT2D eigenvalue weighted by atomic mass is 35.5. The Kier molecular flexibility index (Phi) is 4.39. The van der Waals surface area contributed by atoms with Gasteiger partial charge < -0.3 is 9.72 Å². The molecule has 1 heterocycles. The van der Waals surface area contributed by atoms with Gasteiger partial charge in [0.25, 0.3) is 0 Å². The van der Waals surface area contributed by atoms with E-state index < -0.39 is 12.2 Å². The third kappa shape index (κ3) is 2.94. The average Bonchev–Trinajstić information content (AvgIpc) is 2.35. The van der Waals surface area contributed by atoms with Crippen molar-refractivity contribution in [1.82, 2.24) is 4.98 Å². The summed E-state index contributed by atoms with van der Waals surface area (Å²) in [4.78, 5) is 13.7. The molecule has 1 aromatic heterocycles. The molecule has 1 rings (SSSR count). The molecule has 0 saturated carbocycles. The summed E-state index contributed by atoms with van der Waals surface area (Å²) >= 11 is 0. The van der Waals surface area contributed by atoms with Crippen molar-refractivity contribution in [3.8, 4) is 0 Å². The second kappa shape index (κ2) is 4.79. The fourth-order valence-electron chi connectivity index (χ4n) is 0.688. The lowest BCUT2D eigenvalue weighted by Crippen LogP contribution is -2.23. The molecule has 68 valence electrons. The lowest BCUT2D eigenvalue weighted by molar-refractivity contribution is 0.0355. The van der Waals surface area contributed by atoms with Crippen LogP contribution in [0.3, 0.4) is 0 Å². The summed E-state index contributed by atoms with van der Waals surface area (Å²) in [7, 11) is 0. The molecule has 12 heavy (non-hydrogen) atoms. The van der Waals surface area contributed by atoms with Crippen molar-refractivity contribution in [3.05, 3.63) is 24.0 Å². The molecule has 1 atom stereocenters. The largest absolute Gasteiger partial charge is 0.443 e. The van der Waals surface area contributed by atoms with E-state index in [-0.39, 0.29) is 12.4 Å². The number of aromatic nitrogens is 1. The minimum absolute atomic E-state index is 0. The standard InChI is InChI=1S/C7H10N2O2.ClH/c1-5(8)11-7(10)6-2-3-9-4-6;/h2-5,9H,8H2,1H3;1H. The number of nitrogens with one attached hydrogen (secondary N) is 1. The van der Waals surface area contributed by atoms with E-state index in [2.05, 4.69) is 4.98 Å². The highest BCUT2D eigenvalue weighted by Gasteiger charge is 2.07. The predicted molar refractivity (Wildman–Crippen MR) is 47.1 cm³/mol. The van der Waals surface area contributed by atoms with Gasteiger partial charge in [-0.1, -0.05) is 0 Å². The van der Waals surface area contributed by atoms with Crippen LogP contribution in [0, 0.1) is 0 Å². The number of carbonyl (C=O) groups excluding carboxylic acids is 1. The number of aromatic amines is 1. The summed E-state index contributed by atoms with van der Waals surface area (Å²) in [5.74, 6) is -0.402. The molecule has 4 nitrogen and oxygen atoms in total. The zero-order valence-corrected chi connectivity index (χ0v) is 7.43. The van der Waals surface area contributed by atoms with Gasteiger partial charge in [-0.3, -0.25) is 5.73 Å². The van der Waals surface area contributed by atoms with Gasteiger partial charge in [-0.25, -0.2) is 4.79 Å². The first kappa shape index (κ1) is 11.0. The van der Waals surface area contributed by atoms with Crippen LogP contribution in [0.25, 0.3) is 0 Å². The van der Waals surface area contributed by atoms with E-state index in [4.69, 9.17) is 10.5 Å². The molecule has 0 aliphatic heterocycles. The number of carbonyl (C=O) groups is 1. The fourth-order valence-corrected chi connectivity index (χ4v) is 0.688. The van der Waals surface area contributed by atoms with Gasteiger partial charge in [0.15, 0.2) is 0 Å². The van der Waals surface area contributed by atoms with Gasteiger partial charge in [0, 0.05) is 12.4 Å². The molecule has 0 saturated heterocycles. The summed E-state index contributed by atoms with van der Waals surface area (Å²) < 4.78 is 4.71. The summed E-state index contributed by atoms with van der Waals surface area (Å²) in [6.45, 7) is 1.60. The number of nitrogens with two attached hydrogens (primary N) is 1. The molecule has 0 aliphatic rings. The van der Waals surface area contributed by atoms with Crippen molar-refractivity contribution in [2.75, 3.05) is 0 Å². The minimum atomic E-state index is -0.558. The van der Waals surface area contributed by atoms with Crippen LogP contribution in [-0.2, 0) is 4.74 Å². The zero-order valence-electron chi connectivity index (χ0n) is 6.61. The molecule has 5 heteroatoms. The quantitative estimate of drug-likeness (QED) is 0.538. The highest BCUT2D eigenvalue weighted by molar-refractivity contribution is 5.89. The lowest BCUT2D eigenvalue weighted by Gasteiger charge is -2.05. The SMILES string of the molecule is CC(N)OC(=O)c1cc[nH]c1.Cl. The third-order valence-electron chi connectivity index (χ3n) is 1.13. The van der Waals surface area contributed by atoms with E-state index in [1.807, 2.05) is 0 Å². The molecule has 0 amide bonds. The highest BCUT2D eigenvalue weighted by Crippen LogP contribution is 1.99. The first-order valence-electron chi connectivity index (χ1n) is 3.29. The first-order chi connectivity index (χ1) is 5.20. The fraction of sp³-hybridized carbons (Fsp3) is 0.286. The molecule has 1 aromatic rings. The van der Waals surface area contributed by atoms with Crippen LogP contribution in [0.4, 0.5) is 0 Å². The van der Waals surface area contributed by atoms with E-state index in [1.165, 1.54) is 0 Å². The van der Waals surface area contributed by atoms with Crippen LogP contribution in [0.15, 0.2) is 18.5 Å². The van der Waals surface area contributed by atoms with Crippen LogP contribution in [0.1, 0.15) is 17.3 Å². The number of esters is 1. The van der Waals surface area contributed by atoms with Crippen LogP contribution < -0.4 is 5.73 Å². The lowest BCUT2D eigenvalue weighted by atomic mass is 10.3. The normalized spacial score (nSPS) is 11.5. The van der Waals surface area contributed by atoms with Crippen LogP contribution in [-0.4, -0.2) is 17.2 Å². The van der Waals surface area contributed by atoms with Crippen molar-refractivity contribution in [1.29, 1.82) is 0 Å². The van der Waals surface area contributed by atoms with Crippen LogP contribution >= 0.6 is 12.4 Å². The van der Waals surface area contributed by atoms with E-state index in [9.17, 15) is 4.79 Å². The molecule has 0 bridgehead atoms. The van der Waals surface area contributed by atoms with Gasteiger partial charge in [0.05, 0.1) is 5.56 Å². The summed E-state index contributed by atoms with van der Waals surface area (Å²) in [5, 5.41) is 0. The Morgan fingerprint density at radius 3 is 2.83 bits per heavy atom. The van der Waals surface area contributed by atoms with Crippen LogP contribution in [0.2, 0.25) is 0 Å². The average molecular weight is 191 g/mol. The van der Waals surface area contributed by atoms with Crippen LogP contribution in [0.5, 0.6) is 0 Å². The number of ether oxygens (including phenoxy) is 1. The second-order valence-electron chi connectivity index (χ2n) is 2.21. The van der Waals surface area contributed by atoms with Gasteiger partial charge in [-0.15, -0.1) is 12.4 Å². The second-order valence-corrected chi connectivity index (χ2v) is 2.21. The summed E-state index contributed by atoms with van der Waals surface area (Å²) in [6, 6.07) is 1.63. The Bertz CT molecular complexity index is 234. The number of H-pyrrole nitrogens is 1. The Morgan fingerprint density at radius 2 is 2.42 bits per heavy atom. The zero-order chi connectivity index (χ0) is 8.27. The molecular formula is C7H11ClN2O2. The maximum absolute atomic E-state index is 11.0. The topological polar surface area (TPSA) is 68.1 Å². The van der Waals surface area contributed by atoms with Crippen molar-refractivity contribution < 1.29 is 9.53 Å². The Hall–Kier alpha value is -1.00.